The van der Waals surface area contributed by atoms with Crippen molar-refractivity contribution in [3.8, 4) is 5.69 Å². The van der Waals surface area contributed by atoms with E-state index >= 15 is 0 Å². The highest BCUT2D eigenvalue weighted by Gasteiger charge is 2.24. The topological polar surface area (TPSA) is 76.0 Å². The van der Waals surface area contributed by atoms with E-state index in [0.717, 1.165) is 11.3 Å². The standard InChI is InChI=1S/C19H26N4O2/c1-14(22-18(25)19(2,3)4)17(24)20-11-10-15-12-21-23(13-15)16-8-6-5-7-9-16/h5-9,12-14H,10-11H2,1-4H3,(H,20,24)(H,22,25). The van der Waals surface area contributed by atoms with E-state index in [2.05, 4.69) is 15.7 Å². The van der Waals surface area contributed by atoms with Crippen LogP contribution in [0.25, 0.3) is 5.69 Å². The molecule has 1 unspecified atom stereocenters. The van der Waals surface area contributed by atoms with Gasteiger partial charge in [0.05, 0.1) is 11.9 Å². The quantitative estimate of drug-likeness (QED) is 0.844. The number of hydrogen-bond donors (Lipinski definition) is 2. The van der Waals surface area contributed by atoms with Gasteiger partial charge in [0.2, 0.25) is 11.8 Å². The number of carbonyl (C=O) groups excluding carboxylic acids is 2. The van der Waals surface area contributed by atoms with Gasteiger partial charge in [0.25, 0.3) is 0 Å². The van der Waals surface area contributed by atoms with E-state index in [1.54, 1.807) is 13.1 Å². The van der Waals surface area contributed by atoms with Crippen LogP contribution in [0.2, 0.25) is 0 Å². The predicted molar refractivity (Wildman–Crippen MR) is 97.3 cm³/mol. The van der Waals surface area contributed by atoms with E-state index in [0.29, 0.717) is 13.0 Å². The average Bonchev–Trinajstić information content (AvgIpc) is 3.03. The number of benzene rings is 1. The average molecular weight is 342 g/mol. The van der Waals surface area contributed by atoms with Crippen LogP contribution in [0.4, 0.5) is 0 Å². The van der Waals surface area contributed by atoms with Crippen molar-refractivity contribution in [1.29, 1.82) is 0 Å². The Hall–Kier alpha value is -2.63. The van der Waals surface area contributed by atoms with E-state index < -0.39 is 11.5 Å². The molecule has 2 aromatic rings. The molecular weight excluding hydrogens is 316 g/mol. The number of amides is 2. The highest BCUT2D eigenvalue weighted by Crippen LogP contribution is 2.12. The van der Waals surface area contributed by atoms with Crippen LogP contribution in [0.15, 0.2) is 42.7 Å². The molecule has 0 saturated carbocycles. The Labute approximate surface area is 148 Å². The van der Waals surface area contributed by atoms with Crippen molar-refractivity contribution in [3.63, 3.8) is 0 Å². The lowest BCUT2D eigenvalue weighted by atomic mass is 9.95. The van der Waals surface area contributed by atoms with E-state index in [1.807, 2.05) is 62.0 Å². The molecule has 0 spiro atoms. The van der Waals surface area contributed by atoms with Gasteiger partial charge in [-0.1, -0.05) is 39.0 Å². The normalized spacial score (nSPS) is 12.5. The number of nitrogens with one attached hydrogen (secondary N) is 2. The van der Waals surface area contributed by atoms with Gasteiger partial charge in [-0.15, -0.1) is 0 Å². The van der Waals surface area contributed by atoms with Crippen LogP contribution in [-0.4, -0.2) is 34.2 Å². The Bertz CT molecular complexity index is 717. The van der Waals surface area contributed by atoms with Gasteiger partial charge in [-0.3, -0.25) is 9.59 Å². The van der Waals surface area contributed by atoms with Crippen LogP contribution in [0.1, 0.15) is 33.3 Å². The molecule has 134 valence electrons. The molecule has 2 N–H and O–H groups in total. The van der Waals surface area contributed by atoms with Gasteiger partial charge in [0.15, 0.2) is 0 Å². The van der Waals surface area contributed by atoms with Crippen molar-refractivity contribution in [2.75, 3.05) is 6.54 Å². The second-order valence-electron chi connectivity index (χ2n) is 7.11. The molecule has 2 amide bonds. The second kappa shape index (κ2) is 7.96. The van der Waals surface area contributed by atoms with Crippen LogP contribution in [-0.2, 0) is 16.0 Å². The van der Waals surface area contributed by atoms with E-state index in [-0.39, 0.29) is 11.8 Å². The zero-order valence-corrected chi connectivity index (χ0v) is 15.2. The summed E-state index contributed by atoms with van der Waals surface area (Å²) in [5.41, 5.74) is 1.52. The fourth-order valence-corrected chi connectivity index (χ4v) is 2.17. The predicted octanol–water partition coefficient (Wildman–Crippen LogP) is 2.08. The summed E-state index contributed by atoms with van der Waals surface area (Å²) in [5, 5.41) is 9.91. The number of aromatic nitrogens is 2. The fourth-order valence-electron chi connectivity index (χ4n) is 2.17. The van der Waals surface area contributed by atoms with Crippen LogP contribution in [0.5, 0.6) is 0 Å². The van der Waals surface area contributed by atoms with Gasteiger partial charge in [-0.25, -0.2) is 4.68 Å². The minimum absolute atomic E-state index is 0.140. The minimum atomic E-state index is -0.557. The maximum absolute atomic E-state index is 12.1. The number of hydrogen-bond acceptors (Lipinski definition) is 3. The Morgan fingerprint density at radius 2 is 1.88 bits per heavy atom. The van der Waals surface area contributed by atoms with Crippen molar-refractivity contribution < 1.29 is 9.59 Å². The van der Waals surface area contributed by atoms with Crippen LogP contribution in [0.3, 0.4) is 0 Å². The number of para-hydroxylation sites is 1. The molecule has 0 bridgehead atoms. The van der Waals surface area contributed by atoms with E-state index in [1.165, 1.54) is 0 Å². The summed E-state index contributed by atoms with van der Waals surface area (Å²) >= 11 is 0. The lowest BCUT2D eigenvalue weighted by molar-refractivity contribution is -0.133. The highest BCUT2D eigenvalue weighted by atomic mass is 16.2. The first-order valence-corrected chi connectivity index (χ1v) is 8.45. The Morgan fingerprint density at radius 1 is 1.20 bits per heavy atom. The van der Waals surface area contributed by atoms with E-state index in [4.69, 9.17) is 0 Å². The van der Waals surface area contributed by atoms with Gasteiger partial charge in [0, 0.05) is 18.2 Å². The van der Waals surface area contributed by atoms with Gasteiger partial charge >= 0.3 is 0 Å². The van der Waals surface area contributed by atoms with Gasteiger partial charge < -0.3 is 10.6 Å². The van der Waals surface area contributed by atoms with Crippen LogP contribution < -0.4 is 10.6 Å². The summed E-state index contributed by atoms with van der Waals surface area (Å²) in [4.78, 5) is 24.0. The summed E-state index contributed by atoms with van der Waals surface area (Å²) in [6, 6.07) is 9.30. The third-order valence-electron chi connectivity index (χ3n) is 3.79. The summed E-state index contributed by atoms with van der Waals surface area (Å²) in [7, 11) is 0. The summed E-state index contributed by atoms with van der Waals surface area (Å²) in [6.07, 6.45) is 4.43. The maximum atomic E-state index is 12.1. The first-order chi connectivity index (χ1) is 11.8. The molecule has 0 aliphatic carbocycles. The molecule has 1 aromatic heterocycles. The van der Waals surface area contributed by atoms with Crippen LogP contribution >= 0.6 is 0 Å². The lowest BCUT2D eigenvalue weighted by Crippen LogP contribution is -2.48. The zero-order valence-electron chi connectivity index (χ0n) is 15.2. The van der Waals surface area contributed by atoms with Crippen molar-refractivity contribution in [1.82, 2.24) is 20.4 Å². The first kappa shape index (κ1) is 18.7. The van der Waals surface area contributed by atoms with Gasteiger partial charge in [-0.05, 0) is 31.0 Å². The van der Waals surface area contributed by atoms with Crippen molar-refractivity contribution in [2.45, 2.75) is 40.2 Å². The number of nitrogens with zero attached hydrogens (tertiary/aromatic N) is 2. The first-order valence-electron chi connectivity index (χ1n) is 8.45. The molecule has 25 heavy (non-hydrogen) atoms. The smallest absolute Gasteiger partial charge is 0.242 e. The van der Waals surface area contributed by atoms with Crippen molar-refractivity contribution in [2.24, 2.45) is 5.41 Å². The SMILES string of the molecule is CC(NC(=O)C(C)(C)C)C(=O)NCCc1cnn(-c2ccccc2)c1. The van der Waals surface area contributed by atoms with Crippen LogP contribution in [0, 0.1) is 5.41 Å². The monoisotopic (exact) mass is 342 g/mol. The Morgan fingerprint density at radius 3 is 2.52 bits per heavy atom. The van der Waals surface area contributed by atoms with Crippen molar-refractivity contribution in [3.05, 3.63) is 48.3 Å². The molecule has 1 aromatic carbocycles. The zero-order chi connectivity index (χ0) is 18.4. The molecule has 0 aliphatic rings. The second-order valence-corrected chi connectivity index (χ2v) is 7.11. The molecule has 0 aliphatic heterocycles. The summed E-state index contributed by atoms with van der Waals surface area (Å²) < 4.78 is 1.81. The Balaban J connectivity index is 1.80. The third-order valence-corrected chi connectivity index (χ3v) is 3.79. The maximum Gasteiger partial charge on any atom is 0.242 e. The molecule has 0 fully saturated rings. The largest absolute Gasteiger partial charge is 0.354 e. The number of carbonyl (C=O) groups is 2. The molecule has 6 nitrogen and oxygen atoms in total. The lowest BCUT2D eigenvalue weighted by Gasteiger charge is -2.21. The molecule has 1 heterocycles. The third kappa shape index (κ3) is 5.45. The number of rotatable bonds is 6. The Kier molecular flexibility index (Phi) is 5.96. The molecule has 6 heteroatoms. The summed E-state index contributed by atoms with van der Waals surface area (Å²) in [5.74, 6) is -0.327. The molecule has 0 radical (unpaired) electrons. The molecule has 0 saturated heterocycles. The molecule has 2 rings (SSSR count). The van der Waals surface area contributed by atoms with Gasteiger partial charge in [0.1, 0.15) is 6.04 Å². The fraction of sp³-hybridized carbons (Fsp3) is 0.421. The molecule has 1 atom stereocenters. The van der Waals surface area contributed by atoms with E-state index in [9.17, 15) is 9.59 Å². The summed E-state index contributed by atoms with van der Waals surface area (Å²) in [6.45, 7) is 7.63. The highest BCUT2D eigenvalue weighted by molar-refractivity contribution is 5.89. The molecular formula is C19H26N4O2. The van der Waals surface area contributed by atoms with Gasteiger partial charge in [-0.2, -0.15) is 5.10 Å². The van der Waals surface area contributed by atoms with Crippen molar-refractivity contribution >= 4 is 11.8 Å². The minimum Gasteiger partial charge on any atom is -0.354 e.